The molecular formula is C21H25ClFN3O2. The van der Waals surface area contributed by atoms with Crippen LogP contribution in [0.4, 0.5) is 10.1 Å². The molecule has 0 aliphatic carbocycles. The summed E-state index contributed by atoms with van der Waals surface area (Å²) in [7, 11) is 1.68. The summed E-state index contributed by atoms with van der Waals surface area (Å²) in [6, 6.07) is 8.44. The molecule has 5 nitrogen and oxygen atoms in total. The van der Waals surface area contributed by atoms with Gasteiger partial charge in [0.1, 0.15) is 5.82 Å². The maximum absolute atomic E-state index is 13.8. The molecular weight excluding hydrogens is 381 g/mol. The van der Waals surface area contributed by atoms with E-state index < -0.39 is 5.82 Å². The molecule has 2 N–H and O–H groups in total. The largest absolute Gasteiger partial charge is 0.346 e. The fourth-order valence-corrected chi connectivity index (χ4v) is 3.27. The molecule has 0 heterocycles. The molecule has 0 fully saturated rings. The molecule has 0 unspecified atom stereocenters. The van der Waals surface area contributed by atoms with Gasteiger partial charge in [0.2, 0.25) is 11.8 Å². The number of nitrogens with zero attached hydrogens (tertiary/aromatic N) is 1. The minimum Gasteiger partial charge on any atom is -0.346 e. The third kappa shape index (κ3) is 6.04. The van der Waals surface area contributed by atoms with E-state index in [2.05, 4.69) is 10.6 Å². The monoisotopic (exact) mass is 405 g/mol. The highest BCUT2D eigenvalue weighted by Gasteiger charge is 2.14. The van der Waals surface area contributed by atoms with Crippen LogP contribution in [0.25, 0.3) is 0 Å². The number of hydrogen-bond donors (Lipinski definition) is 2. The van der Waals surface area contributed by atoms with Crippen molar-refractivity contribution in [1.82, 2.24) is 10.2 Å². The summed E-state index contributed by atoms with van der Waals surface area (Å²) in [4.78, 5) is 25.9. The fraction of sp³-hybridized carbons (Fsp3) is 0.333. The number of anilines is 1. The Kier molecular flexibility index (Phi) is 7.54. The van der Waals surface area contributed by atoms with E-state index in [1.807, 2.05) is 32.9 Å². The van der Waals surface area contributed by atoms with Crippen molar-refractivity contribution >= 4 is 29.1 Å². The second kappa shape index (κ2) is 9.66. The Morgan fingerprint density at radius 1 is 1.11 bits per heavy atom. The van der Waals surface area contributed by atoms with E-state index >= 15 is 0 Å². The molecule has 7 heteroatoms. The van der Waals surface area contributed by atoms with Gasteiger partial charge in [-0.1, -0.05) is 35.4 Å². The Bertz CT molecular complexity index is 843. The number of rotatable bonds is 7. The molecule has 2 amide bonds. The summed E-state index contributed by atoms with van der Waals surface area (Å²) in [6.07, 6.45) is 0. The predicted molar refractivity (Wildman–Crippen MR) is 110 cm³/mol. The van der Waals surface area contributed by atoms with Crippen LogP contribution in [0.1, 0.15) is 22.3 Å². The van der Waals surface area contributed by atoms with Crippen molar-refractivity contribution in [3.63, 3.8) is 0 Å². The lowest BCUT2D eigenvalue weighted by atomic mass is 10.1. The van der Waals surface area contributed by atoms with Gasteiger partial charge < -0.3 is 10.6 Å². The molecule has 0 aromatic heterocycles. The molecule has 0 atom stereocenters. The molecule has 150 valence electrons. The van der Waals surface area contributed by atoms with Crippen molar-refractivity contribution in [2.45, 2.75) is 27.3 Å². The van der Waals surface area contributed by atoms with Crippen molar-refractivity contribution in [2.75, 3.05) is 25.5 Å². The lowest BCUT2D eigenvalue weighted by Crippen LogP contribution is -2.39. The smallest absolute Gasteiger partial charge is 0.243 e. The first-order chi connectivity index (χ1) is 13.2. The van der Waals surface area contributed by atoms with Crippen LogP contribution < -0.4 is 10.6 Å². The number of nitrogens with one attached hydrogen (secondary N) is 2. The van der Waals surface area contributed by atoms with Gasteiger partial charge in [0.15, 0.2) is 0 Å². The summed E-state index contributed by atoms with van der Waals surface area (Å²) in [5.74, 6) is -1.05. The SMILES string of the molecule is Cc1cc(C)c(NC(=O)CNC(=O)CN(C)Cc2c(F)cccc2Cl)c(C)c1. The van der Waals surface area contributed by atoms with Crippen LogP contribution in [0.5, 0.6) is 0 Å². The number of carbonyl (C=O) groups excluding carboxylic acids is 2. The van der Waals surface area contributed by atoms with Crippen molar-refractivity contribution in [2.24, 2.45) is 0 Å². The molecule has 0 saturated heterocycles. The predicted octanol–water partition coefficient (Wildman–Crippen LogP) is 3.59. The van der Waals surface area contributed by atoms with Gasteiger partial charge >= 0.3 is 0 Å². The van der Waals surface area contributed by atoms with Crippen LogP contribution in [-0.4, -0.2) is 36.9 Å². The van der Waals surface area contributed by atoms with Crippen LogP contribution >= 0.6 is 11.6 Å². The third-order valence-electron chi connectivity index (χ3n) is 4.29. The van der Waals surface area contributed by atoms with E-state index in [-0.39, 0.29) is 31.4 Å². The standard InChI is InChI=1S/C21H25ClFN3O2/c1-13-8-14(2)21(15(3)9-13)25-19(27)10-24-20(28)12-26(4)11-16-17(22)6-5-7-18(16)23/h5-9H,10-12H2,1-4H3,(H,24,28)(H,25,27). The Labute approximate surface area is 169 Å². The van der Waals surface area contributed by atoms with Crippen molar-refractivity contribution in [3.05, 3.63) is 63.4 Å². The quantitative estimate of drug-likeness (QED) is 0.740. The number of amides is 2. The Morgan fingerprint density at radius 2 is 1.75 bits per heavy atom. The summed E-state index contributed by atoms with van der Waals surface area (Å²) < 4.78 is 13.8. The third-order valence-corrected chi connectivity index (χ3v) is 4.64. The molecule has 0 radical (unpaired) electrons. The van der Waals surface area contributed by atoms with Crippen LogP contribution in [0.3, 0.4) is 0 Å². The zero-order valence-corrected chi connectivity index (χ0v) is 17.3. The zero-order chi connectivity index (χ0) is 20.8. The number of halogens is 2. The fourth-order valence-electron chi connectivity index (χ4n) is 3.05. The minimum atomic E-state index is -0.414. The summed E-state index contributed by atoms with van der Waals surface area (Å²) in [5, 5.41) is 5.73. The van der Waals surface area contributed by atoms with Gasteiger partial charge in [-0.2, -0.15) is 0 Å². The van der Waals surface area contributed by atoms with Crippen LogP contribution in [0.2, 0.25) is 5.02 Å². The number of benzene rings is 2. The van der Waals surface area contributed by atoms with Crippen molar-refractivity contribution < 1.29 is 14.0 Å². The van der Waals surface area contributed by atoms with Gasteiger partial charge in [0.05, 0.1) is 13.1 Å². The van der Waals surface area contributed by atoms with Gasteiger partial charge in [-0.15, -0.1) is 0 Å². The van der Waals surface area contributed by atoms with Crippen LogP contribution in [0, 0.1) is 26.6 Å². The van der Waals surface area contributed by atoms with E-state index in [0.29, 0.717) is 10.6 Å². The highest BCUT2D eigenvalue weighted by atomic mass is 35.5. The Hall–Kier alpha value is -2.44. The normalized spacial score (nSPS) is 10.8. The molecule has 28 heavy (non-hydrogen) atoms. The summed E-state index contributed by atoms with van der Waals surface area (Å²) >= 11 is 6.00. The van der Waals surface area contributed by atoms with Crippen molar-refractivity contribution in [1.29, 1.82) is 0 Å². The zero-order valence-electron chi connectivity index (χ0n) is 16.5. The maximum atomic E-state index is 13.8. The highest BCUT2D eigenvalue weighted by molar-refractivity contribution is 6.31. The first kappa shape index (κ1) is 21.9. The second-order valence-electron chi connectivity index (χ2n) is 6.97. The van der Waals surface area contributed by atoms with E-state index in [0.717, 1.165) is 22.4 Å². The average molecular weight is 406 g/mol. The van der Waals surface area contributed by atoms with E-state index in [1.165, 1.54) is 12.1 Å². The van der Waals surface area contributed by atoms with Gasteiger partial charge in [-0.05, 0) is 51.1 Å². The van der Waals surface area contributed by atoms with Crippen LogP contribution in [0.15, 0.2) is 30.3 Å². The number of carbonyl (C=O) groups is 2. The lowest BCUT2D eigenvalue weighted by Gasteiger charge is -2.18. The highest BCUT2D eigenvalue weighted by Crippen LogP contribution is 2.22. The number of likely N-dealkylation sites (N-methyl/N-ethyl adjacent to an activating group) is 1. The molecule has 0 aliphatic heterocycles. The second-order valence-corrected chi connectivity index (χ2v) is 7.38. The average Bonchev–Trinajstić information content (AvgIpc) is 2.59. The molecule has 0 bridgehead atoms. The lowest BCUT2D eigenvalue weighted by molar-refractivity contribution is -0.124. The molecule has 2 aromatic carbocycles. The van der Waals surface area contributed by atoms with Gasteiger partial charge in [0.25, 0.3) is 0 Å². The number of aryl methyl sites for hydroxylation is 3. The Balaban J connectivity index is 1.84. The van der Waals surface area contributed by atoms with E-state index in [4.69, 9.17) is 11.6 Å². The first-order valence-electron chi connectivity index (χ1n) is 8.93. The molecule has 2 aromatic rings. The van der Waals surface area contributed by atoms with Gasteiger partial charge in [-0.25, -0.2) is 4.39 Å². The van der Waals surface area contributed by atoms with Gasteiger partial charge in [0, 0.05) is 22.8 Å². The van der Waals surface area contributed by atoms with E-state index in [9.17, 15) is 14.0 Å². The minimum absolute atomic E-state index is 0.0144. The Morgan fingerprint density at radius 3 is 2.36 bits per heavy atom. The summed E-state index contributed by atoms with van der Waals surface area (Å²) in [5.41, 5.74) is 4.16. The van der Waals surface area contributed by atoms with Crippen molar-refractivity contribution in [3.8, 4) is 0 Å². The molecule has 0 aliphatic rings. The van der Waals surface area contributed by atoms with Crippen LogP contribution in [-0.2, 0) is 16.1 Å². The number of hydrogen-bond acceptors (Lipinski definition) is 3. The molecule has 0 saturated carbocycles. The first-order valence-corrected chi connectivity index (χ1v) is 9.31. The molecule has 0 spiro atoms. The van der Waals surface area contributed by atoms with Gasteiger partial charge in [-0.3, -0.25) is 14.5 Å². The van der Waals surface area contributed by atoms with E-state index in [1.54, 1.807) is 18.0 Å². The summed E-state index contributed by atoms with van der Waals surface area (Å²) in [6.45, 7) is 5.91. The molecule has 2 rings (SSSR count). The maximum Gasteiger partial charge on any atom is 0.243 e. The topological polar surface area (TPSA) is 61.4 Å².